The Hall–Kier alpha value is -1.26. The summed E-state index contributed by atoms with van der Waals surface area (Å²) in [6.45, 7) is 5.59. The van der Waals surface area contributed by atoms with E-state index in [1.807, 2.05) is 19.9 Å². The summed E-state index contributed by atoms with van der Waals surface area (Å²) in [5.74, 6) is -1.85. The molecule has 0 aliphatic rings. The topological polar surface area (TPSA) is 69.7 Å². The van der Waals surface area contributed by atoms with Gasteiger partial charge < -0.3 is 20.8 Å². The van der Waals surface area contributed by atoms with Crippen molar-refractivity contribution in [2.75, 3.05) is 17.2 Å². The highest BCUT2D eigenvalue weighted by Gasteiger charge is 2.24. The molecular weight excluding hydrogens is 192 g/mol. The summed E-state index contributed by atoms with van der Waals surface area (Å²) in [4.78, 5) is 1.49. The maximum Gasteiger partial charge on any atom is 0.243 e. The van der Waals surface area contributed by atoms with Crippen molar-refractivity contribution in [1.82, 2.24) is 0 Å². The third-order valence-corrected chi connectivity index (χ3v) is 2.39. The summed E-state index contributed by atoms with van der Waals surface area (Å²) in [7, 11) is 0. The van der Waals surface area contributed by atoms with Gasteiger partial charge in [0.2, 0.25) is 5.91 Å². The molecule has 84 valence electrons. The van der Waals surface area contributed by atoms with Gasteiger partial charge in [-0.2, -0.15) is 0 Å². The van der Waals surface area contributed by atoms with Gasteiger partial charge in [0.05, 0.1) is 0 Å². The average Bonchev–Trinajstić information content (AvgIpc) is 2.10. The first kappa shape index (κ1) is 11.8. The molecule has 0 atom stereocenters. The van der Waals surface area contributed by atoms with Gasteiger partial charge in [0.25, 0.3) is 0 Å². The molecule has 0 saturated heterocycles. The number of hydrogen-bond donors (Lipinski definition) is 3. The Morgan fingerprint density at radius 3 is 2.40 bits per heavy atom. The monoisotopic (exact) mass is 210 g/mol. The van der Waals surface area contributed by atoms with E-state index in [4.69, 9.17) is 5.73 Å². The fraction of sp³-hybridized carbons (Fsp3) is 0.455. The van der Waals surface area contributed by atoms with Gasteiger partial charge in [0.15, 0.2) is 0 Å². The van der Waals surface area contributed by atoms with Crippen molar-refractivity contribution >= 4 is 11.4 Å². The molecule has 1 rings (SSSR count). The van der Waals surface area contributed by atoms with Crippen LogP contribution in [0.25, 0.3) is 0 Å². The highest BCUT2D eigenvalue weighted by atomic mass is 16.5. The van der Waals surface area contributed by atoms with E-state index >= 15 is 0 Å². The fourth-order valence-electron chi connectivity index (χ4n) is 1.55. The minimum atomic E-state index is -1.85. The molecule has 0 bridgehead atoms. The van der Waals surface area contributed by atoms with Gasteiger partial charge in [-0.15, -0.1) is 0 Å². The SMILES string of the molecule is CCN(c1ccc(N)c(C)c1)C(C)(O)O. The van der Waals surface area contributed by atoms with Crippen LogP contribution in [0.1, 0.15) is 19.4 Å². The number of aliphatic hydroxyl groups is 2. The van der Waals surface area contributed by atoms with Gasteiger partial charge in [0, 0.05) is 24.8 Å². The summed E-state index contributed by atoms with van der Waals surface area (Å²) in [5, 5.41) is 19.1. The normalized spacial score (nSPS) is 11.5. The first-order chi connectivity index (χ1) is 6.86. The molecule has 0 heterocycles. The highest BCUT2D eigenvalue weighted by molar-refractivity contribution is 5.58. The van der Waals surface area contributed by atoms with Crippen molar-refractivity contribution in [3.8, 4) is 0 Å². The van der Waals surface area contributed by atoms with Crippen LogP contribution in [-0.4, -0.2) is 22.7 Å². The molecule has 4 nitrogen and oxygen atoms in total. The quantitative estimate of drug-likeness (QED) is 0.515. The Morgan fingerprint density at radius 2 is 2.00 bits per heavy atom. The molecule has 1 aromatic rings. The van der Waals surface area contributed by atoms with Crippen molar-refractivity contribution in [3.05, 3.63) is 23.8 Å². The average molecular weight is 210 g/mol. The lowest BCUT2D eigenvalue weighted by molar-refractivity contribution is -0.143. The van der Waals surface area contributed by atoms with E-state index in [0.717, 1.165) is 11.3 Å². The zero-order valence-corrected chi connectivity index (χ0v) is 9.36. The van der Waals surface area contributed by atoms with E-state index in [2.05, 4.69) is 0 Å². The number of rotatable bonds is 3. The van der Waals surface area contributed by atoms with Gasteiger partial charge in [-0.3, -0.25) is 0 Å². The van der Waals surface area contributed by atoms with Gasteiger partial charge in [-0.1, -0.05) is 0 Å². The predicted octanol–water partition coefficient (Wildman–Crippen LogP) is 1.06. The zero-order valence-electron chi connectivity index (χ0n) is 9.36. The van der Waals surface area contributed by atoms with Crippen LogP contribution in [0.15, 0.2) is 18.2 Å². The molecular formula is C11H18N2O2. The minimum Gasteiger partial charge on any atom is -0.399 e. The molecule has 0 unspecified atom stereocenters. The number of aryl methyl sites for hydroxylation is 1. The van der Waals surface area contributed by atoms with E-state index in [9.17, 15) is 10.2 Å². The summed E-state index contributed by atoms with van der Waals surface area (Å²) in [6, 6.07) is 5.37. The Balaban J connectivity index is 3.08. The Labute approximate surface area is 89.9 Å². The summed E-state index contributed by atoms with van der Waals surface area (Å²) in [5.41, 5.74) is 8.07. The van der Waals surface area contributed by atoms with E-state index < -0.39 is 5.91 Å². The lowest BCUT2D eigenvalue weighted by atomic mass is 10.1. The molecule has 4 N–H and O–H groups in total. The van der Waals surface area contributed by atoms with Crippen LogP contribution in [0, 0.1) is 6.92 Å². The third-order valence-electron chi connectivity index (χ3n) is 2.39. The van der Waals surface area contributed by atoms with Crippen LogP contribution in [0.4, 0.5) is 11.4 Å². The molecule has 0 aliphatic carbocycles. The number of nitrogens with two attached hydrogens (primary N) is 1. The second-order valence-corrected chi connectivity index (χ2v) is 3.76. The van der Waals surface area contributed by atoms with Crippen LogP contribution >= 0.6 is 0 Å². The molecule has 4 heteroatoms. The maximum absolute atomic E-state index is 9.54. The van der Waals surface area contributed by atoms with Gasteiger partial charge >= 0.3 is 0 Å². The summed E-state index contributed by atoms with van der Waals surface area (Å²) >= 11 is 0. The van der Waals surface area contributed by atoms with Crippen molar-refractivity contribution in [2.45, 2.75) is 26.7 Å². The smallest absolute Gasteiger partial charge is 0.243 e. The van der Waals surface area contributed by atoms with Crippen LogP contribution < -0.4 is 10.6 Å². The number of benzene rings is 1. The Kier molecular flexibility index (Phi) is 3.21. The molecule has 0 aliphatic heterocycles. The first-order valence-electron chi connectivity index (χ1n) is 4.94. The van der Waals surface area contributed by atoms with Crippen LogP contribution in [0.3, 0.4) is 0 Å². The van der Waals surface area contributed by atoms with E-state index in [1.165, 1.54) is 11.8 Å². The number of nitrogens with zero attached hydrogens (tertiary/aromatic N) is 1. The van der Waals surface area contributed by atoms with Crippen LogP contribution in [-0.2, 0) is 0 Å². The molecule has 15 heavy (non-hydrogen) atoms. The zero-order chi connectivity index (χ0) is 11.6. The Bertz CT molecular complexity index is 345. The van der Waals surface area contributed by atoms with E-state index in [0.29, 0.717) is 12.2 Å². The van der Waals surface area contributed by atoms with Crippen molar-refractivity contribution in [3.63, 3.8) is 0 Å². The molecule has 0 spiro atoms. The van der Waals surface area contributed by atoms with E-state index in [1.54, 1.807) is 12.1 Å². The second kappa shape index (κ2) is 4.08. The molecule has 0 amide bonds. The summed E-state index contributed by atoms with van der Waals surface area (Å²) < 4.78 is 0. The highest BCUT2D eigenvalue weighted by Crippen LogP contribution is 2.24. The maximum atomic E-state index is 9.54. The molecule has 0 aromatic heterocycles. The van der Waals surface area contributed by atoms with E-state index in [-0.39, 0.29) is 0 Å². The van der Waals surface area contributed by atoms with Crippen LogP contribution in [0.5, 0.6) is 0 Å². The predicted molar refractivity (Wildman–Crippen MR) is 61.5 cm³/mol. The molecule has 0 fully saturated rings. The first-order valence-corrected chi connectivity index (χ1v) is 4.94. The standard InChI is InChI=1S/C11H18N2O2/c1-4-13(11(3,14)15)9-5-6-10(12)8(2)7-9/h5-7,14-15H,4,12H2,1-3H3. The minimum absolute atomic E-state index is 0.507. The lowest BCUT2D eigenvalue weighted by Gasteiger charge is -2.33. The lowest BCUT2D eigenvalue weighted by Crippen LogP contribution is -2.46. The number of nitrogen functional groups attached to an aromatic ring is 1. The van der Waals surface area contributed by atoms with Gasteiger partial charge in [-0.25, -0.2) is 0 Å². The Morgan fingerprint density at radius 1 is 1.40 bits per heavy atom. The fourth-order valence-corrected chi connectivity index (χ4v) is 1.55. The second-order valence-electron chi connectivity index (χ2n) is 3.76. The van der Waals surface area contributed by atoms with Gasteiger partial charge in [-0.05, 0) is 37.6 Å². The van der Waals surface area contributed by atoms with Crippen LogP contribution in [0.2, 0.25) is 0 Å². The summed E-state index contributed by atoms with van der Waals surface area (Å²) in [6.07, 6.45) is 0. The van der Waals surface area contributed by atoms with Crippen molar-refractivity contribution in [2.24, 2.45) is 0 Å². The van der Waals surface area contributed by atoms with Gasteiger partial charge in [0.1, 0.15) is 0 Å². The molecule has 1 aromatic carbocycles. The van der Waals surface area contributed by atoms with Crippen molar-refractivity contribution in [1.29, 1.82) is 0 Å². The molecule has 0 saturated carbocycles. The number of anilines is 2. The third kappa shape index (κ3) is 2.61. The van der Waals surface area contributed by atoms with Crippen molar-refractivity contribution < 1.29 is 10.2 Å². The largest absolute Gasteiger partial charge is 0.399 e. The number of hydrogen-bond acceptors (Lipinski definition) is 4. The molecule has 0 radical (unpaired) electrons.